The summed E-state index contributed by atoms with van der Waals surface area (Å²) >= 11 is 0. The molecule has 0 fully saturated rings. The molecule has 1 atom stereocenters. The average molecular weight is 527 g/mol. The summed E-state index contributed by atoms with van der Waals surface area (Å²) in [6.07, 6.45) is -1.44. The van der Waals surface area contributed by atoms with Crippen molar-refractivity contribution in [3.05, 3.63) is 94.0 Å². The zero-order chi connectivity index (χ0) is 27.2. The Morgan fingerprint density at radius 2 is 1.95 bits per heavy atom. The Balaban J connectivity index is 1.59. The Bertz CT molecular complexity index is 1600. The summed E-state index contributed by atoms with van der Waals surface area (Å²) in [6, 6.07) is 6.42. The Morgan fingerprint density at radius 3 is 2.66 bits per heavy atom. The molecule has 3 aromatic heterocycles. The average Bonchev–Trinajstić information content (AvgIpc) is 3.49. The van der Waals surface area contributed by atoms with Gasteiger partial charge in [0.15, 0.2) is 17.1 Å². The van der Waals surface area contributed by atoms with E-state index in [0.717, 1.165) is 12.1 Å². The van der Waals surface area contributed by atoms with Crippen LogP contribution in [0.5, 0.6) is 0 Å². The summed E-state index contributed by atoms with van der Waals surface area (Å²) < 4.78 is 62.5. The van der Waals surface area contributed by atoms with Gasteiger partial charge in [0, 0.05) is 30.3 Å². The molecular formula is C26H21F4N5O3. The summed E-state index contributed by atoms with van der Waals surface area (Å²) in [6.45, 7) is 3.48. The SMILES string of the molecule is CCOC(=O)c1cc2n(n1)C(c1ccc(C(F)(F)F)c(F)c1)C(C(=O)Cc1ccn3cnnc3c1)=C(C)C2. The smallest absolute Gasteiger partial charge is 0.419 e. The van der Waals surface area contributed by atoms with Crippen molar-refractivity contribution < 1.29 is 31.9 Å². The number of hydrogen-bond donors (Lipinski definition) is 0. The predicted molar refractivity (Wildman–Crippen MR) is 126 cm³/mol. The van der Waals surface area contributed by atoms with Crippen LogP contribution in [0, 0.1) is 5.82 Å². The second-order valence-corrected chi connectivity index (χ2v) is 8.93. The molecule has 4 aromatic rings. The van der Waals surface area contributed by atoms with Gasteiger partial charge in [-0.2, -0.15) is 18.3 Å². The van der Waals surface area contributed by atoms with Gasteiger partial charge in [-0.1, -0.05) is 11.6 Å². The molecule has 12 heteroatoms. The number of hydrogen-bond acceptors (Lipinski definition) is 6. The summed E-state index contributed by atoms with van der Waals surface area (Å²) in [7, 11) is 0. The van der Waals surface area contributed by atoms with Crippen LogP contribution in [0.2, 0.25) is 0 Å². The minimum absolute atomic E-state index is 0.0157. The van der Waals surface area contributed by atoms with E-state index < -0.39 is 29.6 Å². The third-order valence-corrected chi connectivity index (χ3v) is 6.37. The summed E-state index contributed by atoms with van der Waals surface area (Å²) in [5, 5.41) is 12.1. The van der Waals surface area contributed by atoms with Gasteiger partial charge in [-0.3, -0.25) is 13.9 Å². The van der Waals surface area contributed by atoms with Crippen LogP contribution in [0.3, 0.4) is 0 Å². The fourth-order valence-corrected chi connectivity index (χ4v) is 4.70. The van der Waals surface area contributed by atoms with E-state index >= 15 is 0 Å². The Labute approximate surface area is 213 Å². The Morgan fingerprint density at radius 1 is 1.16 bits per heavy atom. The van der Waals surface area contributed by atoms with Crippen molar-refractivity contribution in [2.24, 2.45) is 0 Å². The number of ether oxygens (including phenoxy) is 1. The number of nitrogens with zero attached hydrogens (tertiary/aromatic N) is 5. The molecule has 0 saturated heterocycles. The second kappa shape index (κ2) is 9.51. The minimum atomic E-state index is -4.88. The second-order valence-electron chi connectivity index (χ2n) is 8.93. The lowest BCUT2D eigenvalue weighted by Gasteiger charge is -2.29. The van der Waals surface area contributed by atoms with Gasteiger partial charge in [0.25, 0.3) is 0 Å². The van der Waals surface area contributed by atoms with Gasteiger partial charge in [-0.05, 0) is 55.3 Å². The number of benzene rings is 1. The van der Waals surface area contributed by atoms with Crippen LogP contribution < -0.4 is 0 Å². The molecule has 0 N–H and O–H groups in total. The number of carbonyl (C=O) groups is 2. The molecule has 8 nitrogen and oxygen atoms in total. The molecule has 0 amide bonds. The molecule has 0 aliphatic carbocycles. The van der Waals surface area contributed by atoms with E-state index in [4.69, 9.17) is 4.74 Å². The molecule has 38 heavy (non-hydrogen) atoms. The molecule has 1 unspecified atom stereocenters. The summed E-state index contributed by atoms with van der Waals surface area (Å²) in [4.78, 5) is 26.1. The van der Waals surface area contributed by atoms with Crippen molar-refractivity contribution >= 4 is 17.4 Å². The highest BCUT2D eigenvalue weighted by molar-refractivity contribution is 5.99. The van der Waals surface area contributed by atoms with Crippen LogP contribution in [0.15, 0.2) is 60.1 Å². The minimum Gasteiger partial charge on any atom is -0.461 e. The van der Waals surface area contributed by atoms with Crippen LogP contribution in [0.25, 0.3) is 5.65 Å². The third kappa shape index (κ3) is 4.57. The van der Waals surface area contributed by atoms with Gasteiger partial charge in [-0.15, -0.1) is 10.2 Å². The highest BCUT2D eigenvalue weighted by atomic mass is 19.4. The number of rotatable bonds is 6. The maximum absolute atomic E-state index is 14.7. The van der Waals surface area contributed by atoms with Gasteiger partial charge in [0.05, 0.1) is 12.2 Å². The highest BCUT2D eigenvalue weighted by Crippen LogP contribution is 2.39. The van der Waals surface area contributed by atoms with Crippen molar-refractivity contribution in [3.63, 3.8) is 0 Å². The van der Waals surface area contributed by atoms with E-state index in [-0.39, 0.29) is 42.1 Å². The van der Waals surface area contributed by atoms with Crippen molar-refractivity contribution in [2.45, 2.75) is 38.9 Å². The number of Topliss-reactive ketones (excluding diaryl/α,β-unsaturated/α-hetero) is 1. The number of esters is 1. The topological polar surface area (TPSA) is 91.4 Å². The van der Waals surface area contributed by atoms with E-state index in [1.165, 1.54) is 17.1 Å². The van der Waals surface area contributed by atoms with Crippen molar-refractivity contribution in [1.29, 1.82) is 0 Å². The Hall–Kier alpha value is -4.35. The normalized spacial score (nSPS) is 15.6. The lowest BCUT2D eigenvalue weighted by Crippen LogP contribution is -2.28. The highest BCUT2D eigenvalue weighted by Gasteiger charge is 2.37. The zero-order valence-electron chi connectivity index (χ0n) is 20.3. The van der Waals surface area contributed by atoms with E-state index in [2.05, 4.69) is 15.3 Å². The van der Waals surface area contributed by atoms with E-state index in [1.807, 2.05) is 0 Å². The first-order chi connectivity index (χ1) is 18.1. The molecule has 196 valence electrons. The molecule has 1 aliphatic rings. The zero-order valence-corrected chi connectivity index (χ0v) is 20.3. The van der Waals surface area contributed by atoms with Crippen LogP contribution in [-0.4, -0.2) is 42.7 Å². The maximum atomic E-state index is 14.7. The number of pyridine rings is 1. The first kappa shape index (κ1) is 25.3. The molecular weight excluding hydrogens is 506 g/mol. The maximum Gasteiger partial charge on any atom is 0.419 e. The fraction of sp³-hybridized carbons (Fsp3) is 0.269. The monoisotopic (exact) mass is 527 g/mol. The molecule has 0 bridgehead atoms. The van der Waals surface area contributed by atoms with Gasteiger partial charge in [0.2, 0.25) is 0 Å². The molecule has 0 radical (unpaired) electrons. The predicted octanol–water partition coefficient (Wildman–Crippen LogP) is 4.53. The number of ketones is 1. The van der Waals surface area contributed by atoms with E-state index in [9.17, 15) is 27.2 Å². The Kier molecular flexibility index (Phi) is 6.33. The lowest BCUT2D eigenvalue weighted by molar-refractivity contribution is -0.140. The van der Waals surface area contributed by atoms with Crippen molar-refractivity contribution in [1.82, 2.24) is 24.4 Å². The van der Waals surface area contributed by atoms with Crippen LogP contribution in [0.1, 0.15) is 52.8 Å². The number of allylic oxidation sites excluding steroid dienone is 2. The number of aromatic nitrogens is 5. The number of carbonyl (C=O) groups excluding carboxylic acids is 2. The van der Waals surface area contributed by atoms with Gasteiger partial charge < -0.3 is 4.74 Å². The summed E-state index contributed by atoms with van der Waals surface area (Å²) in [5.74, 6) is -2.48. The molecule has 5 rings (SSSR count). The van der Waals surface area contributed by atoms with E-state index in [0.29, 0.717) is 28.5 Å². The van der Waals surface area contributed by atoms with Gasteiger partial charge in [0.1, 0.15) is 18.2 Å². The van der Waals surface area contributed by atoms with Crippen LogP contribution >= 0.6 is 0 Å². The lowest BCUT2D eigenvalue weighted by atomic mass is 9.85. The van der Waals surface area contributed by atoms with Crippen molar-refractivity contribution in [3.8, 4) is 0 Å². The first-order valence-electron chi connectivity index (χ1n) is 11.7. The quantitative estimate of drug-likeness (QED) is 0.270. The molecule has 0 spiro atoms. The molecule has 1 aliphatic heterocycles. The van der Waals surface area contributed by atoms with Gasteiger partial charge >= 0.3 is 12.1 Å². The van der Waals surface area contributed by atoms with Gasteiger partial charge in [-0.25, -0.2) is 9.18 Å². The van der Waals surface area contributed by atoms with Crippen LogP contribution in [-0.2, 0) is 28.5 Å². The largest absolute Gasteiger partial charge is 0.461 e. The summed E-state index contributed by atoms with van der Waals surface area (Å²) in [5.41, 5.74) is 1.27. The number of alkyl halides is 3. The van der Waals surface area contributed by atoms with E-state index in [1.54, 1.807) is 36.6 Å². The standard InChI is InChI=1S/C26H21F4N5O3/c1-3-38-25(37)20-12-17-8-14(2)23(21(36)9-15-6-7-34-13-31-32-22(34)10-15)24(35(17)33-20)16-4-5-18(19(27)11-16)26(28,29)30/h4-7,10-13,24H,3,8-9H2,1-2H3. The first-order valence-corrected chi connectivity index (χ1v) is 11.7. The molecule has 0 saturated carbocycles. The molecule has 4 heterocycles. The van der Waals surface area contributed by atoms with Crippen LogP contribution in [0.4, 0.5) is 17.6 Å². The number of fused-ring (bicyclic) bond motifs is 2. The van der Waals surface area contributed by atoms with Crippen molar-refractivity contribution in [2.75, 3.05) is 6.61 Å². The third-order valence-electron chi connectivity index (χ3n) is 6.37. The fourth-order valence-electron chi connectivity index (χ4n) is 4.70. The number of halogens is 4. The molecule has 1 aromatic carbocycles.